The zero-order valence-corrected chi connectivity index (χ0v) is 19.0. The molecule has 0 saturated heterocycles. The molecule has 0 fully saturated rings. The maximum absolute atomic E-state index is 13.2. The lowest BCUT2D eigenvalue weighted by Gasteiger charge is -2.26. The van der Waals surface area contributed by atoms with Crippen LogP contribution in [-0.4, -0.2) is 52.6 Å². The van der Waals surface area contributed by atoms with E-state index >= 15 is 0 Å². The van der Waals surface area contributed by atoms with Crippen LogP contribution in [0, 0.1) is 6.92 Å². The minimum absolute atomic E-state index is 0.102. The number of hydrogen-bond donors (Lipinski definition) is 1. The van der Waals surface area contributed by atoms with Crippen molar-refractivity contribution in [3.8, 4) is 0 Å². The fourth-order valence-electron chi connectivity index (χ4n) is 3.57. The smallest absolute Gasteiger partial charge is 0.257 e. The van der Waals surface area contributed by atoms with Gasteiger partial charge in [0.15, 0.2) is 0 Å². The molecule has 2 aromatic rings. The molecule has 7 nitrogen and oxygen atoms in total. The Hall–Kier alpha value is -2.93. The van der Waals surface area contributed by atoms with Crippen molar-refractivity contribution in [1.29, 1.82) is 0 Å². The zero-order chi connectivity index (χ0) is 22.6. The first kappa shape index (κ1) is 22.7. The highest BCUT2D eigenvalue weighted by molar-refractivity contribution is 6.03. The number of furan rings is 1. The van der Waals surface area contributed by atoms with Crippen LogP contribution < -0.4 is 5.32 Å². The molecule has 2 heterocycles. The maximum atomic E-state index is 13.2. The molecule has 0 saturated carbocycles. The quantitative estimate of drug-likeness (QED) is 0.738. The van der Waals surface area contributed by atoms with Crippen molar-refractivity contribution in [3.05, 3.63) is 59.5 Å². The SMILES string of the molecule is CCN(CC(=O)NC(C)(C)C)CC(=O)N1N=C(c2ccc(C)cc2)CC1c1ccco1. The molecule has 1 N–H and O–H groups in total. The van der Waals surface area contributed by atoms with Crippen molar-refractivity contribution in [3.63, 3.8) is 0 Å². The van der Waals surface area contributed by atoms with Crippen LogP contribution in [-0.2, 0) is 9.59 Å². The number of rotatable bonds is 7. The Labute approximate surface area is 184 Å². The Morgan fingerprint density at radius 2 is 1.90 bits per heavy atom. The molecule has 7 heteroatoms. The van der Waals surface area contributed by atoms with Crippen LogP contribution in [0.15, 0.2) is 52.2 Å². The highest BCUT2D eigenvalue weighted by Gasteiger charge is 2.35. The lowest BCUT2D eigenvalue weighted by molar-refractivity contribution is -0.135. The van der Waals surface area contributed by atoms with Gasteiger partial charge >= 0.3 is 0 Å². The predicted octanol–water partition coefficient (Wildman–Crippen LogP) is 3.50. The van der Waals surface area contributed by atoms with Crippen molar-refractivity contribution < 1.29 is 14.0 Å². The maximum Gasteiger partial charge on any atom is 0.257 e. The Balaban J connectivity index is 1.76. The number of hydrogen-bond acceptors (Lipinski definition) is 5. The van der Waals surface area contributed by atoms with E-state index in [0.717, 1.165) is 11.3 Å². The summed E-state index contributed by atoms with van der Waals surface area (Å²) in [5.41, 5.74) is 2.70. The Morgan fingerprint density at radius 3 is 2.48 bits per heavy atom. The summed E-state index contributed by atoms with van der Waals surface area (Å²) in [5, 5.41) is 9.12. The van der Waals surface area contributed by atoms with Crippen LogP contribution >= 0.6 is 0 Å². The second kappa shape index (κ2) is 9.47. The van der Waals surface area contributed by atoms with Crippen LogP contribution in [0.25, 0.3) is 0 Å². The van der Waals surface area contributed by atoms with Crippen LogP contribution in [0.1, 0.15) is 57.0 Å². The van der Waals surface area contributed by atoms with E-state index in [-0.39, 0.29) is 36.5 Å². The van der Waals surface area contributed by atoms with E-state index < -0.39 is 0 Å². The van der Waals surface area contributed by atoms with Gasteiger partial charge in [0.2, 0.25) is 5.91 Å². The van der Waals surface area contributed by atoms with Crippen LogP contribution in [0.5, 0.6) is 0 Å². The van der Waals surface area contributed by atoms with E-state index in [0.29, 0.717) is 18.7 Å². The van der Waals surface area contributed by atoms with E-state index in [4.69, 9.17) is 4.42 Å². The number of nitrogens with zero attached hydrogens (tertiary/aromatic N) is 3. The molecule has 0 bridgehead atoms. The molecule has 166 valence electrons. The van der Waals surface area contributed by atoms with Crippen LogP contribution in [0.3, 0.4) is 0 Å². The van der Waals surface area contributed by atoms with Crippen molar-refractivity contribution >= 4 is 17.5 Å². The standard InChI is InChI=1S/C24H32N4O3/c1-6-27(15-22(29)25-24(3,4)5)16-23(30)28-20(21-8-7-13-31-21)14-19(26-28)18-11-9-17(2)10-12-18/h7-13,20H,6,14-16H2,1-5H3,(H,25,29). The van der Waals surface area contributed by atoms with E-state index in [1.54, 1.807) is 6.26 Å². The van der Waals surface area contributed by atoms with Gasteiger partial charge in [-0.05, 0) is 51.9 Å². The predicted molar refractivity (Wildman–Crippen MR) is 121 cm³/mol. The summed E-state index contributed by atoms with van der Waals surface area (Å²) < 4.78 is 5.61. The van der Waals surface area contributed by atoms with Crippen LogP contribution in [0.4, 0.5) is 0 Å². The lowest BCUT2D eigenvalue weighted by Crippen LogP contribution is -2.48. The first-order valence-electron chi connectivity index (χ1n) is 10.7. The molecular weight excluding hydrogens is 392 g/mol. The molecule has 1 aromatic carbocycles. The number of carbonyl (C=O) groups is 2. The lowest BCUT2D eigenvalue weighted by atomic mass is 10.0. The number of hydrazone groups is 1. The molecule has 1 unspecified atom stereocenters. The normalized spacial score (nSPS) is 16.5. The van der Waals surface area contributed by atoms with Crippen molar-refractivity contribution in [2.45, 2.75) is 52.6 Å². The fraction of sp³-hybridized carbons (Fsp3) is 0.458. The summed E-state index contributed by atoms with van der Waals surface area (Å²) in [6.45, 7) is 10.6. The number of likely N-dealkylation sites (N-methyl/N-ethyl adjacent to an activating group) is 1. The van der Waals surface area contributed by atoms with Crippen molar-refractivity contribution in [2.75, 3.05) is 19.6 Å². The molecule has 1 aliphatic rings. The molecule has 0 spiro atoms. The van der Waals surface area contributed by atoms with Gasteiger partial charge < -0.3 is 9.73 Å². The molecule has 1 aliphatic heterocycles. The van der Waals surface area contributed by atoms with Gasteiger partial charge in [-0.25, -0.2) is 5.01 Å². The van der Waals surface area contributed by atoms with Gasteiger partial charge in [0, 0.05) is 12.0 Å². The molecule has 1 atom stereocenters. The highest BCUT2D eigenvalue weighted by atomic mass is 16.3. The van der Waals surface area contributed by atoms with Crippen molar-refractivity contribution in [2.24, 2.45) is 5.10 Å². The number of aryl methyl sites for hydroxylation is 1. The van der Waals surface area contributed by atoms with Gasteiger partial charge in [-0.15, -0.1) is 0 Å². The van der Waals surface area contributed by atoms with E-state index in [9.17, 15) is 9.59 Å². The Bertz CT molecular complexity index is 927. The Kier molecular flexibility index (Phi) is 6.95. The van der Waals surface area contributed by atoms with Gasteiger partial charge in [-0.2, -0.15) is 5.10 Å². The zero-order valence-electron chi connectivity index (χ0n) is 19.0. The average molecular weight is 425 g/mol. The summed E-state index contributed by atoms with van der Waals surface area (Å²) in [7, 11) is 0. The van der Waals surface area contributed by atoms with E-state index in [1.807, 2.05) is 75.9 Å². The fourth-order valence-corrected chi connectivity index (χ4v) is 3.57. The highest BCUT2D eigenvalue weighted by Crippen LogP contribution is 2.33. The van der Waals surface area contributed by atoms with E-state index in [2.05, 4.69) is 10.4 Å². The van der Waals surface area contributed by atoms with E-state index in [1.165, 1.54) is 10.6 Å². The third-order valence-corrected chi connectivity index (χ3v) is 5.11. The molecular formula is C24H32N4O3. The molecule has 0 radical (unpaired) electrons. The summed E-state index contributed by atoms with van der Waals surface area (Å²) in [5.74, 6) is 0.441. The number of amides is 2. The first-order chi connectivity index (χ1) is 14.7. The van der Waals surface area contributed by atoms with Crippen molar-refractivity contribution in [1.82, 2.24) is 15.2 Å². The minimum atomic E-state index is -0.312. The number of carbonyl (C=O) groups excluding carboxylic acids is 2. The monoisotopic (exact) mass is 424 g/mol. The molecule has 2 amide bonds. The van der Waals surface area contributed by atoms with Gasteiger partial charge in [0.05, 0.1) is 25.1 Å². The second-order valence-corrected chi connectivity index (χ2v) is 8.99. The Morgan fingerprint density at radius 1 is 1.19 bits per heavy atom. The third kappa shape index (κ3) is 6.04. The molecule has 31 heavy (non-hydrogen) atoms. The van der Waals surface area contributed by atoms with Gasteiger partial charge in [-0.1, -0.05) is 36.8 Å². The topological polar surface area (TPSA) is 78.2 Å². The summed E-state index contributed by atoms with van der Waals surface area (Å²) in [6, 6.07) is 11.5. The first-order valence-corrected chi connectivity index (χ1v) is 10.7. The summed E-state index contributed by atoms with van der Waals surface area (Å²) in [6.07, 6.45) is 2.19. The number of benzene rings is 1. The summed E-state index contributed by atoms with van der Waals surface area (Å²) in [4.78, 5) is 27.4. The molecule has 1 aromatic heterocycles. The second-order valence-electron chi connectivity index (χ2n) is 8.99. The molecule has 0 aliphatic carbocycles. The average Bonchev–Trinajstić information content (AvgIpc) is 3.36. The minimum Gasteiger partial charge on any atom is -0.467 e. The van der Waals surface area contributed by atoms with Gasteiger partial charge in [-0.3, -0.25) is 14.5 Å². The summed E-state index contributed by atoms with van der Waals surface area (Å²) >= 11 is 0. The van der Waals surface area contributed by atoms with Gasteiger partial charge in [0.1, 0.15) is 11.8 Å². The van der Waals surface area contributed by atoms with Gasteiger partial charge in [0.25, 0.3) is 5.91 Å². The largest absolute Gasteiger partial charge is 0.467 e. The molecule has 3 rings (SSSR count). The number of nitrogens with one attached hydrogen (secondary N) is 1. The third-order valence-electron chi connectivity index (χ3n) is 5.11. The van der Waals surface area contributed by atoms with Crippen LogP contribution in [0.2, 0.25) is 0 Å².